The number of alkyl halides is 6. The van der Waals surface area contributed by atoms with Crippen molar-refractivity contribution in [2.45, 2.75) is 31.3 Å². The Morgan fingerprint density at radius 1 is 0.842 bits per heavy atom. The van der Waals surface area contributed by atoms with Crippen LogP contribution in [-0.4, -0.2) is 62.8 Å². The van der Waals surface area contributed by atoms with Gasteiger partial charge in [-0.15, -0.1) is 4.91 Å². The molecule has 0 spiro atoms. The van der Waals surface area contributed by atoms with Gasteiger partial charge in [-0.05, 0) is 54.4 Å². The van der Waals surface area contributed by atoms with Crippen molar-refractivity contribution in [1.82, 2.24) is 4.90 Å². The second-order valence-corrected chi connectivity index (χ2v) is 9.20. The minimum absolute atomic E-state index is 0.147. The molecule has 2 aliphatic rings. The number of nitroso groups, excluding NO2 is 1. The van der Waals surface area contributed by atoms with Crippen LogP contribution in [0, 0.1) is 4.91 Å². The van der Waals surface area contributed by atoms with Crippen LogP contribution in [0.3, 0.4) is 0 Å². The second kappa shape index (κ2) is 11.2. The number of hydrogen-bond acceptors (Lipinski definition) is 6. The van der Waals surface area contributed by atoms with Crippen LogP contribution in [-0.2, 0) is 21.9 Å². The molecule has 1 amide bonds. The van der Waals surface area contributed by atoms with Gasteiger partial charge < -0.3 is 19.4 Å². The van der Waals surface area contributed by atoms with E-state index in [0.29, 0.717) is 63.5 Å². The first-order valence-electron chi connectivity index (χ1n) is 12.1. The number of piperidine rings is 1. The summed E-state index contributed by atoms with van der Waals surface area (Å²) in [5, 5.41) is 2.46. The van der Waals surface area contributed by atoms with Gasteiger partial charge in [0.05, 0.1) is 17.2 Å². The molecule has 4 rings (SSSR count). The van der Waals surface area contributed by atoms with Crippen LogP contribution >= 0.6 is 0 Å². The molecule has 0 atom stereocenters. The van der Waals surface area contributed by atoms with Crippen LogP contribution in [0.4, 0.5) is 43.4 Å². The predicted molar refractivity (Wildman–Crippen MR) is 128 cm³/mol. The highest BCUT2D eigenvalue weighted by Crippen LogP contribution is 2.39. The summed E-state index contributed by atoms with van der Waals surface area (Å²) < 4.78 is 84.4. The molecule has 38 heavy (non-hydrogen) atoms. The fourth-order valence-electron chi connectivity index (χ4n) is 4.68. The molecule has 13 heteroatoms. The van der Waals surface area contributed by atoms with Gasteiger partial charge in [-0.25, -0.2) is 0 Å². The lowest BCUT2D eigenvalue weighted by molar-refractivity contribution is -0.139. The smallest absolute Gasteiger partial charge is 0.371 e. The van der Waals surface area contributed by atoms with Gasteiger partial charge in [0.2, 0.25) is 5.91 Å². The maximum Gasteiger partial charge on any atom is 0.418 e. The Hall–Kier alpha value is -3.35. The van der Waals surface area contributed by atoms with Crippen molar-refractivity contribution in [1.29, 1.82) is 0 Å². The van der Waals surface area contributed by atoms with E-state index in [-0.39, 0.29) is 18.6 Å². The Morgan fingerprint density at radius 2 is 1.47 bits per heavy atom. The van der Waals surface area contributed by atoms with Crippen LogP contribution in [0.2, 0.25) is 0 Å². The molecular formula is C25H26F6N4O3. The molecule has 0 aromatic heterocycles. The normalized spacial score (nSPS) is 17.6. The molecule has 7 nitrogen and oxygen atoms in total. The maximum atomic E-state index is 13.2. The van der Waals surface area contributed by atoms with Gasteiger partial charge in [-0.2, -0.15) is 26.3 Å². The zero-order valence-electron chi connectivity index (χ0n) is 20.3. The summed E-state index contributed by atoms with van der Waals surface area (Å²) in [6.07, 6.45) is -8.34. The maximum absolute atomic E-state index is 13.2. The summed E-state index contributed by atoms with van der Waals surface area (Å²) in [6, 6.07) is 8.49. The predicted octanol–water partition coefficient (Wildman–Crippen LogP) is 5.46. The molecule has 2 aromatic rings. The number of carbonyl (C=O) groups is 1. The van der Waals surface area contributed by atoms with Gasteiger partial charge >= 0.3 is 12.4 Å². The average Bonchev–Trinajstić information content (AvgIpc) is 2.91. The lowest BCUT2D eigenvalue weighted by atomic mass is 10.1. The van der Waals surface area contributed by atoms with E-state index in [0.717, 1.165) is 24.3 Å². The number of piperazine rings is 1. The fourth-order valence-corrected chi connectivity index (χ4v) is 4.68. The number of rotatable bonds is 6. The molecule has 0 bridgehead atoms. The summed E-state index contributed by atoms with van der Waals surface area (Å²) in [6.45, 7) is 2.17. The Morgan fingerprint density at radius 3 is 2.08 bits per heavy atom. The summed E-state index contributed by atoms with van der Waals surface area (Å²) in [5.74, 6) is -0.220. The Labute approximate surface area is 214 Å². The van der Waals surface area contributed by atoms with Crippen LogP contribution in [0.1, 0.15) is 24.0 Å². The third-order valence-electron chi connectivity index (χ3n) is 6.80. The summed E-state index contributed by atoms with van der Waals surface area (Å²) >= 11 is 0. The highest BCUT2D eigenvalue weighted by Gasteiger charge is 2.35. The van der Waals surface area contributed by atoms with E-state index in [2.05, 4.69) is 5.18 Å². The molecule has 0 saturated carbocycles. The van der Waals surface area contributed by atoms with Gasteiger partial charge in [0.1, 0.15) is 12.3 Å². The zero-order valence-corrected chi connectivity index (χ0v) is 20.3. The quantitative estimate of drug-likeness (QED) is 0.357. The highest BCUT2D eigenvalue weighted by atomic mass is 19.4. The largest absolute Gasteiger partial charge is 0.418 e. The van der Waals surface area contributed by atoms with Gasteiger partial charge in [-0.1, -0.05) is 6.07 Å². The standard InChI is InChI=1S/C25H26F6N4O3/c26-24(27,28)17-2-1-3-18(14-17)34-10-12-35(13-11-34)23(36)16-38-20-6-8-33(9-7-20)19-4-5-22(32-37)21(15-19)25(29,30)31/h1-5,14-15,20H,6-13,16H2. The molecule has 2 aromatic carbocycles. The van der Waals surface area contributed by atoms with Crippen molar-refractivity contribution < 1.29 is 35.9 Å². The number of benzene rings is 2. The average molecular weight is 544 g/mol. The van der Waals surface area contributed by atoms with Crippen molar-refractivity contribution in [3.05, 3.63) is 58.5 Å². The molecule has 0 N–H and O–H groups in total. The van der Waals surface area contributed by atoms with Gasteiger partial charge in [0.15, 0.2) is 0 Å². The number of anilines is 2. The van der Waals surface area contributed by atoms with E-state index in [4.69, 9.17) is 4.74 Å². The number of carbonyl (C=O) groups excluding carboxylic acids is 1. The van der Waals surface area contributed by atoms with Crippen molar-refractivity contribution >= 4 is 23.0 Å². The first-order chi connectivity index (χ1) is 18.0. The SMILES string of the molecule is O=Nc1ccc(N2CCC(OCC(=O)N3CCN(c4cccc(C(F)(F)F)c4)CC3)CC2)cc1C(F)(F)F. The Bertz CT molecular complexity index is 1140. The Balaban J connectivity index is 1.23. The van der Waals surface area contributed by atoms with Crippen molar-refractivity contribution in [2.75, 3.05) is 55.7 Å². The van der Waals surface area contributed by atoms with E-state index in [9.17, 15) is 36.0 Å². The van der Waals surface area contributed by atoms with Gasteiger partial charge in [0, 0.05) is 50.6 Å². The molecule has 2 fully saturated rings. The van der Waals surface area contributed by atoms with Crippen LogP contribution in [0.25, 0.3) is 0 Å². The van der Waals surface area contributed by atoms with E-state index in [1.165, 1.54) is 12.1 Å². The summed E-state index contributed by atoms with van der Waals surface area (Å²) in [4.78, 5) is 28.5. The van der Waals surface area contributed by atoms with Crippen molar-refractivity contribution in [3.63, 3.8) is 0 Å². The highest BCUT2D eigenvalue weighted by molar-refractivity contribution is 5.77. The van der Waals surface area contributed by atoms with Crippen molar-refractivity contribution in [3.8, 4) is 0 Å². The molecule has 0 aliphatic carbocycles. The third-order valence-corrected chi connectivity index (χ3v) is 6.80. The van der Waals surface area contributed by atoms with E-state index >= 15 is 0 Å². The first kappa shape index (κ1) is 27.7. The minimum Gasteiger partial charge on any atom is -0.371 e. The molecule has 0 radical (unpaired) electrons. The summed E-state index contributed by atoms with van der Waals surface area (Å²) in [5.41, 5.74) is -1.67. The molecule has 206 valence electrons. The second-order valence-electron chi connectivity index (χ2n) is 9.20. The van der Waals surface area contributed by atoms with E-state index < -0.39 is 29.2 Å². The third kappa shape index (κ3) is 6.55. The van der Waals surface area contributed by atoms with Crippen molar-refractivity contribution in [2.24, 2.45) is 5.18 Å². The van der Waals surface area contributed by atoms with Crippen LogP contribution in [0.15, 0.2) is 47.6 Å². The molecule has 0 unspecified atom stereocenters. The fraction of sp³-hybridized carbons (Fsp3) is 0.480. The number of nitrogens with zero attached hydrogens (tertiary/aromatic N) is 4. The minimum atomic E-state index is -4.69. The molecule has 2 aliphatic heterocycles. The topological polar surface area (TPSA) is 65.5 Å². The summed E-state index contributed by atoms with van der Waals surface area (Å²) in [7, 11) is 0. The number of ether oxygens (including phenoxy) is 1. The molecule has 2 saturated heterocycles. The van der Waals surface area contributed by atoms with E-state index in [1.54, 1.807) is 20.8 Å². The lowest BCUT2D eigenvalue weighted by Gasteiger charge is -2.37. The first-order valence-corrected chi connectivity index (χ1v) is 12.1. The molecular weight excluding hydrogens is 518 g/mol. The van der Waals surface area contributed by atoms with Crippen LogP contribution < -0.4 is 9.80 Å². The van der Waals surface area contributed by atoms with E-state index in [1.807, 2.05) is 0 Å². The monoisotopic (exact) mass is 544 g/mol. The van der Waals surface area contributed by atoms with Crippen LogP contribution in [0.5, 0.6) is 0 Å². The lowest BCUT2D eigenvalue weighted by Crippen LogP contribution is -2.50. The van der Waals surface area contributed by atoms with Gasteiger partial charge in [0.25, 0.3) is 0 Å². The number of halogens is 6. The number of amides is 1. The number of hydrogen-bond donors (Lipinski definition) is 0. The molecule has 2 heterocycles. The van der Waals surface area contributed by atoms with Gasteiger partial charge in [-0.3, -0.25) is 4.79 Å². The Kier molecular flexibility index (Phi) is 8.14. The zero-order chi connectivity index (χ0) is 27.5.